The maximum absolute atomic E-state index is 14.1. The molecule has 0 aliphatic heterocycles. The van der Waals surface area contributed by atoms with E-state index in [4.69, 9.17) is 82.5 Å². The van der Waals surface area contributed by atoms with Gasteiger partial charge in [-0.3, -0.25) is 14.9 Å². The van der Waals surface area contributed by atoms with E-state index in [1.165, 1.54) is 0 Å². The van der Waals surface area contributed by atoms with Crippen LogP contribution in [0.25, 0.3) is 44.8 Å². The number of unbranched alkanes of at least 4 members (excludes halogenated alkanes) is 2. The van der Waals surface area contributed by atoms with Crippen LogP contribution >= 0.6 is 46.4 Å². The third kappa shape index (κ3) is 10.8. The third-order valence-electron chi connectivity index (χ3n) is 9.01. The summed E-state index contributed by atoms with van der Waals surface area (Å²) in [4.78, 5) is 44.5. The summed E-state index contributed by atoms with van der Waals surface area (Å²) in [6.45, 7) is 6.36. The quantitative estimate of drug-likeness (QED) is 0.0663. The Morgan fingerprint density at radius 1 is 0.737 bits per heavy atom. The molecule has 6 rings (SSSR count). The van der Waals surface area contributed by atoms with Crippen LogP contribution in [0.2, 0.25) is 20.1 Å². The Kier molecular flexibility index (Phi) is 14.0. The highest BCUT2D eigenvalue weighted by atomic mass is 35.5. The lowest BCUT2D eigenvalue weighted by atomic mass is 10.0. The average molecular weight is 851 g/mol. The number of benzene rings is 2. The maximum atomic E-state index is 14.1. The molecule has 2 atom stereocenters. The van der Waals surface area contributed by atoms with Crippen molar-refractivity contribution in [2.24, 2.45) is 11.5 Å². The predicted molar refractivity (Wildman–Crippen MR) is 230 cm³/mol. The summed E-state index contributed by atoms with van der Waals surface area (Å²) in [5.74, 6) is 0.422. The van der Waals surface area contributed by atoms with E-state index in [2.05, 4.69) is 15.3 Å². The van der Waals surface area contributed by atoms with Crippen molar-refractivity contribution in [3.05, 3.63) is 98.8 Å². The van der Waals surface area contributed by atoms with E-state index in [-0.39, 0.29) is 0 Å². The van der Waals surface area contributed by atoms with E-state index < -0.39 is 23.9 Å². The van der Waals surface area contributed by atoms with Gasteiger partial charge in [-0.15, -0.1) is 0 Å². The first kappa shape index (κ1) is 42.2. The highest BCUT2D eigenvalue weighted by Gasteiger charge is 2.30. The number of pyridine rings is 2. The molecule has 4 aromatic heterocycles. The molecule has 0 fully saturated rings. The molecule has 57 heavy (non-hydrogen) atoms. The second-order valence-electron chi connectivity index (χ2n) is 14.5. The monoisotopic (exact) mass is 848 g/mol. The molecule has 2 aromatic carbocycles. The number of anilines is 1. The molecule has 4 heterocycles. The fourth-order valence-electron chi connectivity index (χ4n) is 6.27. The first-order valence-electron chi connectivity index (χ1n) is 18.7. The molecular weight excluding hydrogens is 806 g/mol. The highest BCUT2D eigenvalue weighted by molar-refractivity contribution is 6.43. The average Bonchev–Trinajstić information content (AvgIpc) is 3.18. The van der Waals surface area contributed by atoms with Crippen molar-refractivity contribution in [3.8, 4) is 22.8 Å². The molecule has 0 radical (unpaired) electrons. The van der Waals surface area contributed by atoms with E-state index >= 15 is 0 Å². The number of fused-ring (bicyclic) bond motifs is 2. The van der Waals surface area contributed by atoms with E-state index in [0.29, 0.717) is 115 Å². The third-order valence-corrected chi connectivity index (χ3v) is 10.5. The largest absolute Gasteiger partial charge is 0.444 e. The zero-order valence-corrected chi connectivity index (χ0v) is 34.9. The number of hydrogen-bond donors (Lipinski definition) is 3. The normalized spacial score (nSPS) is 12.8. The Balaban J connectivity index is 1.29. The molecule has 0 aliphatic carbocycles. The molecule has 12 nitrogen and oxygen atoms in total. The Hall–Kier alpha value is -4.43. The Bertz CT molecular complexity index is 2330. The lowest BCUT2D eigenvalue weighted by molar-refractivity contribution is 0.0170. The summed E-state index contributed by atoms with van der Waals surface area (Å²) in [5.41, 5.74) is 17.1. The van der Waals surface area contributed by atoms with Crippen molar-refractivity contribution < 1.29 is 9.53 Å². The van der Waals surface area contributed by atoms with Gasteiger partial charge in [0.1, 0.15) is 23.2 Å². The van der Waals surface area contributed by atoms with Crippen LogP contribution in [-0.4, -0.2) is 65.8 Å². The zero-order valence-electron chi connectivity index (χ0n) is 31.9. The second kappa shape index (κ2) is 18.9. The van der Waals surface area contributed by atoms with E-state index in [9.17, 15) is 4.79 Å². The zero-order chi connectivity index (χ0) is 40.7. The van der Waals surface area contributed by atoms with Gasteiger partial charge in [-0.25, -0.2) is 24.7 Å². The minimum absolute atomic E-state index is 0.341. The topological polar surface area (TPSA) is 171 Å². The number of carbonyl (C=O) groups excluding carboxylic acids is 1. The summed E-state index contributed by atoms with van der Waals surface area (Å²) < 4.78 is 5.98. The second-order valence-corrected chi connectivity index (χ2v) is 16.2. The summed E-state index contributed by atoms with van der Waals surface area (Å²) >= 11 is 25.4. The first-order valence-corrected chi connectivity index (χ1v) is 20.2. The van der Waals surface area contributed by atoms with Gasteiger partial charge in [0.2, 0.25) is 0 Å². The first-order chi connectivity index (χ1) is 27.3. The van der Waals surface area contributed by atoms with Gasteiger partial charge in [0, 0.05) is 25.0 Å². The van der Waals surface area contributed by atoms with Crippen molar-refractivity contribution in [2.45, 2.75) is 77.1 Å². The van der Waals surface area contributed by atoms with Crippen molar-refractivity contribution in [1.29, 1.82) is 0 Å². The highest BCUT2D eigenvalue weighted by Crippen LogP contribution is 2.34. The number of carbonyl (C=O) groups is 1. The number of rotatable bonds is 15. The van der Waals surface area contributed by atoms with Crippen LogP contribution in [0.1, 0.15) is 71.0 Å². The lowest BCUT2D eigenvalue weighted by Gasteiger charge is -2.35. The molecule has 6 aromatic rings. The van der Waals surface area contributed by atoms with Gasteiger partial charge in [-0.1, -0.05) is 58.5 Å². The van der Waals surface area contributed by atoms with Crippen molar-refractivity contribution in [2.75, 3.05) is 18.4 Å². The lowest BCUT2D eigenvalue weighted by Crippen LogP contribution is -2.48. The van der Waals surface area contributed by atoms with Gasteiger partial charge in [0.15, 0.2) is 5.82 Å². The predicted octanol–water partition coefficient (Wildman–Crippen LogP) is 10.3. The SMILES string of the molecule is CC(C)(C)OC(=O)N(CCCCC(N)c1nc2cc(Cl)c(Cl)cc2nc1-c1ccccn1)C(CCCCN)Nc1nc2cc(Cl)c(Cl)cc2nc1-c1ccccn1. The Morgan fingerprint density at radius 3 is 1.81 bits per heavy atom. The Morgan fingerprint density at radius 2 is 1.26 bits per heavy atom. The van der Waals surface area contributed by atoms with Crippen LogP contribution in [0, 0.1) is 0 Å². The maximum Gasteiger partial charge on any atom is 0.411 e. The molecule has 298 valence electrons. The van der Waals surface area contributed by atoms with Crippen molar-refractivity contribution in [1.82, 2.24) is 34.8 Å². The molecule has 0 bridgehead atoms. The molecule has 0 spiro atoms. The number of nitrogens with two attached hydrogens (primary N) is 2. The number of hydrogen-bond acceptors (Lipinski definition) is 11. The van der Waals surface area contributed by atoms with Crippen LogP contribution in [0.3, 0.4) is 0 Å². The van der Waals surface area contributed by atoms with Gasteiger partial charge >= 0.3 is 6.09 Å². The van der Waals surface area contributed by atoms with Crippen molar-refractivity contribution in [3.63, 3.8) is 0 Å². The fraction of sp³-hybridized carbons (Fsp3) is 0.341. The summed E-state index contributed by atoms with van der Waals surface area (Å²) in [6.07, 6.45) is 6.15. The van der Waals surface area contributed by atoms with Crippen LogP contribution < -0.4 is 16.8 Å². The van der Waals surface area contributed by atoms with Gasteiger partial charge in [-0.2, -0.15) is 0 Å². The van der Waals surface area contributed by atoms with Gasteiger partial charge in [-0.05, 0) is 114 Å². The van der Waals surface area contributed by atoms with Crippen LogP contribution in [-0.2, 0) is 4.74 Å². The molecule has 0 aliphatic rings. The number of amides is 1. The molecule has 1 amide bonds. The van der Waals surface area contributed by atoms with Gasteiger partial charge < -0.3 is 21.5 Å². The number of nitrogens with one attached hydrogen (secondary N) is 1. The molecule has 0 saturated heterocycles. The van der Waals surface area contributed by atoms with Crippen molar-refractivity contribution >= 4 is 80.4 Å². The minimum Gasteiger partial charge on any atom is -0.444 e. The van der Waals surface area contributed by atoms with Crippen LogP contribution in [0.4, 0.5) is 10.6 Å². The number of nitrogens with zero attached hydrogens (tertiary/aromatic N) is 7. The smallest absolute Gasteiger partial charge is 0.411 e. The Labute approximate surface area is 351 Å². The van der Waals surface area contributed by atoms with Gasteiger partial charge in [0.05, 0.1) is 59.2 Å². The van der Waals surface area contributed by atoms with E-state index in [1.54, 1.807) is 41.6 Å². The minimum atomic E-state index is -0.749. The summed E-state index contributed by atoms with van der Waals surface area (Å²) in [7, 11) is 0. The fourth-order valence-corrected chi connectivity index (χ4v) is 6.90. The molecule has 2 unspecified atom stereocenters. The van der Waals surface area contributed by atoms with E-state index in [0.717, 1.165) is 12.8 Å². The molecular formula is C41H44Cl4N10O2. The van der Waals surface area contributed by atoms with Gasteiger partial charge in [0.25, 0.3) is 0 Å². The van der Waals surface area contributed by atoms with E-state index in [1.807, 2.05) is 57.2 Å². The summed E-state index contributed by atoms with van der Waals surface area (Å²) in [6, 6.07) is 17.3. The standard InChI is InChI=1S/C41H44Cl4N10O2/c1-41(2,3)57-40(56)55(19-11-7-12-28(47)36-37(29-13-5-9-17-48-29)51-32-21-25(43)24(42)20-31(32)50-36)35(15-4-8-16-46)54-39-38(30-14-6-10-18-49-30)52-33-22-26(44)27(45)23-34(33)53-39/h5-6,9-10,13-14,17-18,20-23,28,35H,4,7-8,11-12,15-16,19,46-47H2,1-3H3,(H,53,54). The molecule has 0 saturated carbocycles. The molecule has 16 heteroatoms. The molecule has 5 N–H and O–H groups in total. The van der Waals surface area contributed by atoms with Crippen LogP contribution in [0.15, 0.2) is 73.1 Å². The van der Waals surface area contributed by atoms with Crippen LogP contribution in [0.5, 0.6) is 0 Å². The number of aromatic nitrogens is 6. The summed E-state index contributed by atoms with van der Waals surface area (Å²) in [5, 5.41) is 5.00. The number of halogens is 4. The number of ether oxygens (including phenoxy) is 1.